The molecule has 1 saturated heterocycles. The van der Waals surface area contributed by atoms with Crippen molar-refractivity contribution in [2.24, 2.45) is 0 Å². The molecule has 1 aromatic heterocycles. The van der Waals surface area contributed by atoms with Crippen LogP contribution in [0.1, 0.15) is 34.0 Å². The first-order chi connectivity index (χ1) is 17.9. The van der Waals surface area contributed by atoms with Crippen LogP contribution in [0.15, 0.2) is 71.5 Å². The molecule has 12 heteroatoms. The molecule has 4 aromatic rings. The molecule has 1 atom stereocenters. The van der Waals surface area contributed by atoms with Gasteiger partial charge in [0, 0.05) is 16.1 Å². The molecule has 1 aliphatic heterocycles. The minimum atomic E-state index is -4.69. The molecule has 8 nitrogen and oxygen atoms in total. The number of hydrogen-bond donors (Lipinski definition) is 1. The number of carbonyl (C=O) groups is 3. The molecule has 1 aliphatic rings. The minimum absolute atomic E-state index is 0.0184. The third-order valence-corrected chi connectivity index (χ3v) is 6.57. The first-order valence-corrected chi connectivity index (χ1v) is 11.5. The Morgan fingerprint density at radius 3 is 2.34 bits per heavy atom. The first-order valence-electron chi connectivity index (χ1n) is 11.1. The first kappa shape index (κ1) is 25.3. The highest BCUT2D eigenvalue weighted by Gasteiger charge is 2.46. The highest BCUT2D eigenvalue weighted by Crippen LogP contribution is 2.33. The van der Waals surface area contributed by atoms with Gasteiger partial charge < -0.3 is 4.74 Å². The van der Waals surface area contributed by atoms with Gasteiger partial charge in [0.2, 0.25) is 5.60 Å². The second-order valence-electron chi connectivity index (χ2n) is 8.79. The zero-order chi connectivity index (χ0) is 27.4. The number of halogens is 4. The predicted octanol–water partition coefficient (Wildman–Crippen LogP) is 4.69. The van der Waals surface area contributed by atoms with Crippen molar-refractivity contribution in [3.05, 3.63) is 104 Å². The number of alkyl carbamates (subject to hydrolysis) is 1. The van der Waals surface area contributed by atoms with Gasteiger partial charge in [0.25, 0.3) is 11.8 Å². The van der Waals surface area contributed by atoms with Crippen LogP contribution in [0.25, 0.3) is 11.0 Å². The van der Waals surface area contributed by atoms with Crippen LogP contribution < -0.4 is 11.0 Å². The Morgan fingerprint density at radius 2 is 1.71 bits per heavy atom. The fourth-order valence-corrected chi connectivity index (χ4v) is 4.44. The summed E-state index contributed by atoms with van der Waals surface area (Å²) >= 11 is 5.89. The Bertz CT molecular complexity index is 1690. The molecule has 1 fully saturated rings. The number of ether oxygens (including phenoxy) is 1. The Kier molecular flexibility index (Phi) is 5.90. The van der Waals surface area contributed by atoms with E-state index in [0.717, 1.165) is 27.3 Å². The van der Waals surface area contributed by atoms with Crippen LogP contribution in [-0.4, -0.2) is 27.0 Å². The minimum Gasteiger partial charge on any atom is -0.428 e. The summed E-state index contributed by atoms with van der Waals surface area (Å²) in [6, 6.07) is 14.6. The zero-order valence-electron chi connectivity index (χ0n) is 19.5. The van der Waals surface area contributed by atoms with E-state index in [4.69, 9.17) is 16.3 Å². The van der Waals surface area contributed by atoms with E-state index >= 15 is 0 Å². The highest BCUT2D eigenvalue weighted by atomic mass is 35.5. The molecular weight excluding hydrogens is 527 g/mol. The summed E-state index contributed by atoms with van der Waals surface area (Å²) in [4.78, 5) is 50.7. The monoisotopic (exact) mass is 543 g/mol. The molecule has 0 aliphatic carbocycles. The van der Waals surface area contributed by atoms with E-state index in [2.05, 4.69) is 5.32 Å². The molecule has 194 valence electrons. The molecule has 2 heterocycles. The molecule has 0 unspecified atom stereocenters. The van der Waals surface area contributed by atoms with E-state index in [-0.39, 0.29) is 23.1 Å². The number of benzene rings is 3. The van der Waals surface area contributed by atoms with Crippen LogP contribution in [-0.2, 0) is 27.9 Å². The van der Waals surface area contributed by atoms with E-state index in [0.29, 0.717) is 16.1 Å². The Hall–Kier alpha value is -4.38. The topological polar surface area (TPSA) is 99.4 Å². The molecule has 38 heavy (non-hydrogen) atoms. The van der Waals surface area contributed by atoms with Crippen molar-refractivity contribution in [2.75, 3.05) is 0 Å². The van der Waals surface area contributed by atoms with Gasteiger partial charge in [0.15, 0.2) is 0 Å². The maximum atomic E-state index is 13.5. The third-order valence-electron chi connectivity index (χ3n) is 6.32. The largest absolute Gasteiger partial charge is 0.428 e. The number of cyclic esters (lactones) is 1. The summed E-state index contributed by atoms with van der Waals surface area (Å²) in [5.41, 5.74) is -2.80. The number of amides is 2. The lowest BCUT2D eigenvalue weighted by molar-refractivity contribution is -0.137. The number of hydrogen-bond acceptors (Lipinski definition) is 5. The van der Waals surface area contributed by atoms with E-state index in [1.165, 1.54) is 37.3 Å². The second kappa shape index (κ2) is 8.88. The van der Waals surface area contributed by atoms with Gasteiger partial charge in [0.1, 0.15) is 0 Å². The standard InChI is InChI=1S/C26H17ClF3N3O5/c1-25(22(35)31-23(36)38-25)16-4-2-3-14(11-16)13-32-20-12-17(26(28,29)30)7-10-19(20)33(24(32)37)21(34)15-5-8-18(27)9-6-15/h2-12H,13H2,1H3,(H,31,35,36)/t25-/m1/s1. The summed E-state index contributed by atoms with van der Waals surface area (Å²) < 4.78 is 47.6. The highest BCUT2D eigenvalue weighted by molar-refractivity contribution is 6.30. The number of nitrogens with zero attached hydrogens (tertiary/aromatic N) is 2. The number of imidazole rings is 1. The number of fused-ring (bicyclic) bond motifs is 1. The van der Waals surface area contributed by atoms with Gasteiger partial charge in [-0.25, -0.2) is 14.2 Å². The van der Waals surface area contributed by atoms with Crippen LogP contribution in [0.5, 0.6) is 0 Å². The fourth-order valence-electron chi connectivity index (χ4n) is 4.31. The van der Waals surface area contributed by atoms with Crippen LogP contribution in [0, 0.1) is 0 Å². The summed E-state index contributed by atoms with van der Waals surface area (Å²) in [6.45, 7) is 1.15. The molecule has 5 rings (SSSR count). The number of aromatic nitrogens is 2. The van der Waals surface area contributed by atoms with Gasteiger partial charge in [-0.1, -0.05) is 29.8 Å². The van der Waals surface area contributed by atoms with Crippen molar-refractivity contribution in [2.45, 2.75) is 25.2 Å². The Balaban J connectivity index is 1.65. The van der Waals surface area contributed by atoms with Crippen molar-refractivity contribution in [1.29, 1.82) is 0 Å². The average Bonchev–Trinajstić information content (AvgIpc) is 3.29. The lowest BCUT2D eigenvalue weighted by Crippen LogP contribution is -2.33. The molecule has 0 spiro atoms. The smallest absolute Gasteiger partial charge is 0.416 e. The predicted molar refractivity (Wildman–Crippen MR) is 130 cm³/mol. The zero-order valence-corrected chi connectivity index (χ0v) is 20.3. The number of nitrogens with one attached hydrogen (secondary N) is 1. The van der Waals surface area contributed by atoms with Crippen molar-refractivity contribution in [3.63, 3.8) is 0 Å². The van der Waals surface area contributed by atoms with Gasteiger partial charge in [-0.05, 0) is 61.0 Å². The molecule has 0 saturated carbocycles. The third kappa shape index (κ3) is 4.24. The van der Waals surface area contributed by atoms with E-state index in [1.54, 1.807) is 18.2 Å². The van der Waals surface area contributed by atoms with Crippen LogP contribution in [0.4, 0.5) is 18.0 Å². The van der Waals surface area contributed by atoms with Crippen LogP contribution in [0.2, 0.25) is 5.02 Å². The average molecular weight is 544 g/mol. The molecule has 0 bridgehead atoms. The van der Waals surface area contributed by atoms with E-state index in [1.807, 2.05) is 0 Å². The van der Waals surface area contributed by atoms with Gasteiger partial charge >= 0.3 is 18.0 Å². The quantitative estimate of drug-likeness (QED) is 0.402. The molecule has 0 radical (unpaired) electrons. The normalized spacial score (nSPS) is 17.5. The van der Waals surface area contributed by atoms with Crippen molar-refractivity contribution >= 4 is 40.5 Å². The number of rotatable bonds is 4. The summed E-state index contributed by atoms with van der Waals surface area (Å²) in [5, 5.41) is 2.41. The molecular formula is C26H17ClF3N3O5. The second-order valence-corrected chi connectivity index (χ2v) is 9.23. The van der Waals surface area contributed by atoms with Gasteiger partial charge in [-0.2, -0.15) is 13.2 Å². The molecule has 2 amide bonds. The Morgan fingerprint density at radius 1 is 1.00 bits per heavy atom. The summed E-state index contributed by atoms with van der Waals surface area (Å²) in [7, 11) is 0. The molecule has 3 aromatic carbocycles. The van der Waals surface area contributed by atoms with Gasteiger partial charge in [0.05, 0.1) is 23.1 Å². The Labute approximate surface area is 217 Å². The SMILES string of the molecule is C[C@]1(c2cccc(Cn3c(=O)n(C(=O)c4ccc(Cl)cc4)c4ccc(C(F)(F)F)cc43)c2)OC(=O)NC1=O. The van der Waals surface area contributed by atoms with Crippen LogP contribution >= 0.6 is 11.6 Å². The summed E-state index contributed by atoms with van der Waals surface area (Å²) in [5.74, 6) is -1.43. The number of carbonyl (C=O) groups excluding carboxylic acids is 3. The number of alkyl halides is 3. The molecule has 1 N–H and O–H groups in total. The van der Waals surface area contributed by atoms with Crippen molar-refractivity contribution < 1.29 is 32.3 Å². The lowest BCUT2D eigenvalue weighted by Gasteiger charge is -2.20. The number of imide groups is 1. The van der Waals surface area contributed by atoms with E-state index < -0.39 is 40.9 Å². The lowest BCUT2D eigenvalue weighted by atomic mass is 9.94. The fraction of sp³-hybridized carbons (Fsp3) is 0.154. The van der Waals surface area contributed by atoms with Gasteiger partial charge in [-0.3, -0.25) is 19.5 Å². The maximum Gasteiger partial charge on any atom is 0.416 e. The van der Waals surface area contributed by atoms with E-state index in [9.17, 15) is 32.3 Å². The maximum absolute atomic E-state index is 13.5. The van der Waals surface area contributed by atoms with Gasteiger partial charge in [-0.15, -0.1) is 0 Å². The van der Waals surface area contributed by atoms with Crippen molar-refractivity contribution in [3.8, 4) is 0 Å². The van der Waals surface area contributed by atoms with Crippen molar-refractivity contribution in [1.82, 2.24) is 14.5 Å². The summed E-state index contributed by atoms with van der Waals surface area (Å²) in [6.07, 6.45) is -5.60. The van der Waals surface area contributed by atoms with Crippen LogP contribution in [0.3, 0.4) is 0 Å².